The summed E-state index contributed by atoms with van der Waals surface area (Å²) >= 11 is 1.50. The maximum Gasteiger partial charge on any atom is 0.356 e. The molecule has 0 aromatic heterocycles. The molecule has 1 fully saturated rings. The number of nitrogen functional groups attached to an aromatic ring is 1. The summed E-state index contributed by atoms with van der Waals surface area (Å²) in [6.07, 6.45) is 1.18. The van der Waals surface area contributed by atoms with Crippen molar-refractivity contribution in [2.45, 2.75) is 30.4 Å². The van der Waals surface area contributed by atoms with Crippen LogP contribution < -0.4 is 5.73 Å². The SMILES string of the molecule is Nc1ccc(SC2=C(C(=O)OCc3ccccc3)N3C(=O)CC3C2)cc1. The molecule has 6 heteroatoms. The van der Waals surface area contributed by atoms with Gasteiger partial charge in [-0.2, -0.15) is 0 Å². The molecular weight excluding hydrogens is 348 g/mol. The highest BCUT2D eigenvalue weighted by Gasteiger charge is 2.48. The topological polar surface area (TPSA) is 72.6 Å². The summed E-state index contributed by atoms with van der Waals surface area (Å²) in [5, 5.41) is 0. The third kappa shape index (κ3) is 3.20. The summed E-state index contributed by atoms with van der Waals surface area (Å²) in [7, 11) is 0. The minimum atomic E-state index is -0.442. The standard InChI is InChI=1S/C20H18N2O3S/c21-14-6-8-16(9-7-14)26-17-10-15-11-18(23)22(15)19(17)20(24)25-12-13-4-2-1-3-5-13/h1-9,15H,10-12,21H2. The number of β-lactam (4-membered cyclic amide) rings is 1. The number of benzene rings is 2. The minimum absolute atomic E-state index is 0.0189. The number of esters is 1. The van der Waals surface area contributed by atoms with Gasteiger partial charge in [-0.1, -0.05) is 42.1 Å². The molecular formula is C20H18N2O3S. The second kappa shape index (κ2) is 6.88. The van der Waals surface area contributed by atoms with Gasteiger partial charge in [0.25, 0.3) is 0 Å². The average molecular weight is 366 g/mol. The smallest absolute Gasteiger partial charge is 0.356 e. The average Bonchev–Trinajstić information content (AvgIpc) is 2.94. The molecule has 4 rings (SSSR count). The van der Waals surface area contributed by atoms with E-state index in [0.29, 0.717) is 24.2 Å². The summed E-state index contributed by atoms with van der Waals surface area (Å²) in [5.74, 6) is -0.461. The molecule has 26 heavy (non-hydrogen) atoms. The number of carbonyl (C=O) groups excluding carboxylic acids is 2. The second-order valence-electron chi connectivity index (χ2n) is 6.33. The highest BCUT2D eigenvalue weighted by molar-refractivity contribution is 8.03. The summed E-state index contributed by atoms with van der Waals surface area (Å²) in [6, 6.07) is 17.1. The second-order valence-corrected chi connectivity index (χ2v) is 7.50. The number of nitrogens with zero attached hydrogens (tertiary/aromatic N) is 1. The van der Waals surface area contributed by atoms with Crippen molar-refractivity contribution in [2.75, 3.05) is 5.73 Å². The zero-order valence-corrected chi connectivity index (χ0v) is 14.9. The number of ether oxygens (including phenoxy) is 1. The van der Waals surface area contributed by atoms with Gasteiger partial charge in [-0.3, -0.25) is 4.79 Å². The fraction of sp³-hybridized carbons (Fsp3) is 0.200. The van der Waals surface area contributed by atoms with Crippen LogP contribution in [-0.4, -0.2) is 22.8 Å². The van der Waals surface area contributed by atoms with E-state index in [1.807, 2.05) is 54.6 Å². The first-order chi connectivity index (χ1) is 12.6. The van der Waals surface area contributed by atoms with Gasteiger partial charge in [-0.05, 0) is 29.8 Å². The van der Waals surface area contributed by atoms with Crippen LogP contribution in [0.1, 0.15) is 18.4 Å². The van der Waals surface area contributed by atoms with Crippen molar-refractivity contribution in [1.82, 2.24) is 4.90 Å². The lowest BCUT2D eigenvalue weighted by atomic mass is 10.0. The van der Waals surface area contributed by atoms with Crippen LogP contribution in [0.2, 0.25) is 0 Å². The number of fused-ring (bicyclic) bond motifs is 1. The van der Waals surface area contributed by atoms with Crippen molar-refractivity contribution in [1.29, 1.82) is 0 Å². The molecule has 0 bridgehead atoms. The summed E-state index contributed by atoms with van der Waals surface area (Å²) in [4.78, 5) is 28.2. The molecule has 1 unspecified atom stereocenters. The Bertz CT molecular complexity index is 878. The third-order valence-corrected chi connectivity index (χ3v) is 5.61. The molecule has 1 saturated heterocycles. The van der Waals surface area contributed by atoms with Crippen LogP contribution in [0.4, 0.5) is 5.69 Å². The van der Waals surface area contributed by atoms with Crippen LogP contribution in [0.15, 0.2) is 70.1 Å². The molecule has 2 aromatic carbocycles. The lowest BCUT2D eigenvalue weighted by molar-refractivity contribution is -0.150. The monoisotopic (exact) mass is 366 g/mol. The Kier molecular flexibility index (Phi) is 4.42. The van der Waals surface area contributed by atoms with Crippen molar-refractivity contribution < 1.29 is 14.3 Å². The van der Waals surface area contributed by atoms with Gasteiger partial charge in [-0.15, -0.1) is 0 Å². The quantitative estimate of drug-likeness (QED) is 0.499. The number of amides is 1. The molecule has 0 radical (unpaired) electrons. The maximum atomic E-state index is 12.7. The van der Waals surface area contributed by atoms with Crippen LogP contribution in [0.5, 0.6) is 0 Å². The Morgan fingerprint density at radius 1 is 1.12 bits per heavy atom. The maximum absolute atomic E-state index is 12.7. The summed E-state index contributed by atoms with van der Waals surface area (Å²) in [5.41, 5.74) is 7.73. The number of hydrogen-bond donors (Lipinski definition) is 1. The van der Waals surface area contributed by atoms with Gasteiger partial charge in [0.05, 0.1) is 6.04 Å². The van der Waals surface area contributed by atoms with E-state index < -0.39 is 5.97 Å². The predicted octanol–water partition coefficient (Wildman–Crippen LogP) is 3.32. The zero-order valence-electron chi connectivity index (χ0n) is 14.1. The van der Waals surface area contributed by atoms with Gasteiger partial charge in [0.15, 0.2) is 0 Å². The summed E-state index contributed by atoms with van der Waals surface area (Å²) in [6.45, 7) is 0.190. The fourth-order valence-corrected chi connectivity index (χ4v) is 4.28. The highest BCUT2D eigenvalue weighted by Crippen LogP contribution is 2.45. The zero-order chi connectivity index (χ0) is 18.1. The van der Waals surface area contributed by atoms with Crippen molar-refractivity contribution in [3.8, 4) is 0 Å². The molecule has 132 valence electrons. The number of anilines is 1. The molecule has 0 spiro atoms. The third-order valence-electron chi connectivity index (χ3n) is 4.50. The molecule has 2 aliphatic heterocycles. The van der Waals surface area contributed by atoms with Gasteiger partial charge in [-0.25, -0.2) is 4.79 Å². The molecule has 2 aliphatic rings. The molecule has 0 aliphatic carbocycles. The van der Waals surface area contributed by atoms with E-state index in [4.69, 9.17) is 10.5 Å². The fourth-order valence-electron chi connectivity index (χ4n) is 3.17. The number of carbonyl (C=O) groups is 2. The van der Waals surface area contributed by atoms with Crippen LogP contribution in [0, 0.1) is 0 Å². The van der Waals surface area contributed by atoms with E-state index >= 15 is 0 Å². The van der Waals surface area contributed by atoms with Crippen molar-refractivity contribution in [3.63, 3.8) is 0 Å². The lowest BCUT2D eigenvalue weighted by Crippen LogP contribution is -2.49. The number of thioether (sulfide) groups is 1. The van der Waals surface area contributed by atoms with Gasteiger partial charge in [0.2, 0.25) is 5.91 Å². The Morgan fingerprint density at radius 2 is 1.85 bits per heavy atom. The Balaban J connectivity index is 1.54. The van der Waals surface area contributed by atoms with E-state index in [9.17, 15) is 9.59 Å². The number of nitrogens with two attached hydrogens (primary N) is 1. The van der Waals surface area contributed by atoms with Gasteiger partial charge in [0.1, 0.15) is 12.3 Å². The molecule has 2 N–H and O–H groups in total. The molecule has 1 amide bonds. The normalized spacial score (nSPS) is 18.5. The largest absolute Gasteiger partial charge is 0.456 e. The first kappa shape index (κ1) is 16.7. The van der Waals surface area contributed by atoms with Crippen molar-refractivity contribution in [3.05, 3.63) is 70.8 Å². The summed E-state index contributed by atoms with van der Waals surface area (Å²) < 4.78 is 5.48. The predicted molar refractivity (Wildman–Crippen MR) is 99.8 cm³/mol. The Morgan fingerprint density at radius 3 is 2.54 bits per heavy atom. The van der Waals surface area contributed by atoms with Crippen LogP contribution in [0.3, 0.4) is 0 Å². The molecule has 1 atom stereocenters. The number of rotatable bonds is 5. The highest BCUT2D eigenvalue weighted by atomic mass is 32.2. The van der Waals surface area contributed by atoms with Gasteiger partial charge < -0.3 is 15.4 Å². The molecule has 2 aromatic rings. The van der Waals surface area contributed by atoms with Crippen LogP contribution >= 0.6 is 11.8 Å². The first-order valence-electron chi connectivity index (χ1n) is 8.41. The molecule has 2 heterocycles. The minimum Gasteiger partial charge on any atom is -0.456 e. The lowest BCUT2D eigenvalue weighted by Gasteiger charge is -2.35. The molecule has 0 saturated carbocycles. The van der Waals surface area contributed by atoms with Gasteiger partial charge >= 0.3 is 5.97 Å². The Labute approximate surface area is 155 Å². The van der Waals surface area contributed by atoms with Gasteiger partial charge in [0, 0.05) is 28.3 Å². The van der Waals surface area contributed by atoms with E-state index in [0.717, 1.165) is 15.4 Å². The van der Waals surface area contributed by atoms with Crippen LogP contribution in [0.25, 0.3) is 0 Å². The van der Waals surface area contributed by atoms with Crippen LogP contribution in [-0.2, 0) is 20.9 Å². The van der Waals surface area contributed by atoms with E-state index in [2.05, 4.69) is 0 Å². The number of hydrogen-bond acceptors (Lipinski definition) is 5. The Hall–Kier alpha value is -2.73. The van der Waals surface area contributed by atoms with E-state index in [1.165, 1.54) is 11.8 Å². The van der Waals surface area contributed by atoms with Crippen molar-refractivity contribution >= 4 is 29.3 Å². The van der Waals surface area contributed by atoms with Crippen molar-refractivity contribution in [2.24, 2.45) is 0 Å². The molecule has 5 nitrogen and oxygen atoms in total. The van der Waals surface area contributed by atoms with E-state index in [-0.39, 0.29) is 18.6 Å². The first-order valence-corrected chi connectivity index (χ1v) is 9.23. The van der Waals surface area contributed by atoms with E-state index in [1.54, 1.807) is 4.90 Å².